The van der Waals surface area contributed by atoms with Gasteiger partial charge in [0.25, 0.3) is 0 Å². The first-order chi connectivity index (χ1) is 9.06. The van der Waals surface area contributed by atoms with Gasteiger partial charge in [-0.2, -0.15) is 0 Å². The van der Waals surface area contributed by atoms with Crippen LogP contribution >= 0.6 is 35.4 Å². The molecule has 2 N–H and O–H groups in total. The summed E-state index contributed by atoms with van der Waals surface area (Å²) >= 11 is 16.7. The quantitative estimate of drug-likeness (QED) is 0.768. The van der Waals surface area contributed by atoms with Crippen LogP contribution in [-0.4, -0.2) is 5.11 Å². The summed E-state index contributed by atoms with van der Waals surface area (Å²) in [6.45, 7) is 0. The molecule has 2 rings (SSSR count). The van der Waals surface area contributed by atoms with Gasteiger partial charge in [0.15, 0.2) is 5.11 Å². The molecule has 0 aliphatic carbocycles. The van der Waals surface area contributed by atoms with Crippen LogP contribution in [0, 0.1) is 5.82 Å². The van der Waals surface area contributed by atoms with Crippen LogP contribution in [0.4, 0.5) is 15.8 Å². The minimum Gasteiger partial charge on any atom is -0.331 e. The smallest absolute Gasteiger partial charge is 0.175 e. The molecular weight excluding hydrogens is 306 g/mol. The topological polar surface area (TPSA) is 24.1 Å². The molecule has 0 saturated carbocycles. The second-order valence-electron chi connectivity index (χ2n) is 3.68. The molecule has 0 aromatic heterocycles. The van der Waals surface area contributed by atoms with Gasteiger partial charge in [0.2, 0.25) is 0 Å². The fraction of sp³-hybridized carbons (Fsp3) is 0. The Balaban J connectivity index is 2.08. The minimum atomic E-state index is -0.476. The first kappa shape index (κ1) is 14.1. The summed E-state index contributed by atoms with van der Waals surface area (Å²) in [4.78, 5) is 0. The maximum Gasteiger partial charge on any atom is 0.175 e. The number of hydrogen-bond donors (Lipinski definition) is 2. The Bertz CT molecular complexity index is 619. The third kappa shape index (κ3) is 3.80. The van der Waals surface area contributed by atoms with Crippen molar-refractivity contribution in [3.8, 4) is 0 Å². The van der Waals surface area contributed by atoms with Crippen molar-refractivity contribution in [1.82, 2.24) is 0 Å². The summed E-state index contributed by atoms with van der Waals surface area (Å²) in [7, 11) is 0. The van der Waals surface area contributed by atoms with Gasteiger partial charge < -0.3 is 10.6 Å². The zero-order chi connectivity index (χ0) is 13.8. The van der Waals surface area contributed by atoms with Crippen LogP contribution in [0.25, 0.3) is 0 Å². The first-order valence-electron chi connectivity index (χ1n) is 5.34. The van der Waals surface area contributed by atoms with Gasteiger partial charge in [-0.3, -0.25) is 0 Å². The summed E-state index contributed by atoms with van der Waals surface area (Å²) in [5, 5.41) is 6.73. The van der Waals surface area contributed by atoms with E-state index in [2.05, 4.69) is 10.6 Å². The molecule has 2 aromatic rings. The van der Waals surface area contributed by atoms with E-state index in [-0.39, 0.29) is 10.8 Å². The van der Waals surface area contributed by atoms with Gasteiger partial charge in [-0.05, 0) is 42.5 Å². The van der Waals surface area contributed by atoms with Crippen LogP contribution in [0.15, 0.2) is 42.5 Å². The molecule has 0 heterocycles. The fourth-order valence-corrected chi connectivity index (χ4v) is 1.99. The van der Waals surface area contributed by atoms with E-state index in [4.69, 9.17) is 35.4 Å². The molecular formula is C13H9Cl2FN2S. The molecule has 0 amide bonds. The SMILES string of the molecule is Fc1cc(Cl)ccc1NC(=S)Nc1ccccc1Cl. The van der Waals surface area contributed by atoms with Crippen LogP contribution in [0.1, 0.15) is 0 Å². The van der Waals surface area contributed by atoms with E-state index in [0.717, 1.165) is 0 Å². The lowest BCUT2D eigenvalue weighted by molar-refractivity contribution is 0.632. The maximum absolute atomic E-state index is 13.6. The van der Waals surface area contributed by atoms with Gasteiger partial charge >= 0.3 is 0 Å². The van der Waals surface area contributed by atoms with Crippen LogP contribution in [0.5, 0.6) is 0 Å². The van der Waals surface area contributed by atoms with Crippen molar-refractivity contribution in [2.75, 3.05) is 10.6 Å². The van der Waals surface area contributed by atoms with Crippen molar-refractivity contribution in [1.29, 1.82) is 0 Å². The van der Waals surface area contributed by atoms with Crippen LogP contribution in [-0.2, 0) is 0 Å². The Morgan fingerprint density at radius 1 is 1.00 bits per heavy atom. The lowest BCUT2D eigenvalue weighted by Crippen LogP contribution is -2.19. The third-order valence-corrected chi connectivity index (χ3v) is 3.07. The van der Waals surface area contributed by atoms with Crippen molar-refractivity contribution in [3.05, 3.63) is 58.3 Å². The predicted molar refractivity (Wildman–Crippen MR) is 82.7 cm³/mol. The Morgan fingerprint density at radius 3 is 2.37 bits per heavy atom. The standard InChI is InChI=1S/C13H9Cl2FN2S/c14-8-5-6-12(10(16)7-8)18-13(19)17-11-4-2-1-3-9(11)15/h1-7H,(H2,17,18,19). The molecule has 0 aliphatic heterocycles. The molecule has 98 valence electrons. The summed E-state index contributed by atoms with van der Waals surface area (Å²) < 4.78 is 13.6. The second-order valence-corrected chi connectivity index (χ2v) is 4.94. The van der Waals surface area contributed by atoms with Crippen LogP contribution in [0.2, 0.25) is 10.0 Å². The van der Waals surface area contributed by atoms with E-state index < -0.39 is 5.82 Å². The van der Waals surface area contributed by atoms with Crippen molar-refractivity contribution in [2.24, 2.45) is 0 Å². The van der Waals surface area contributed by atoms with Crippen molar-refractivity contribution in [2.45, 2.75) is 0 Å². The van der Waals surface area contributed by atoms with E-state index in [1.807, 2.05) is 12.1 Å². The molecule has 0 saturated heterocycles. The number of para-hydroxylation sites is 1. The maximum atomic E-state index is 13.6. The number of nitrogens with one attached hydrogen (secondary N) is 2. The molecule has 0 aliphatic rings. The van der Waals surface area contributed by atoms with E-state index in [1.54, 1.807) is 18.2 Å². The second kappa shape index (κ2) is 6.19. The Morgan fingerprint density at radius 2 is 1.68 bits per heavy atom. The Hall–Kier alpha value is -1.36. The lowest BCUT2D eigenvalue weighted by Gasteiger charge is -2.12. The van der Waals surface area contributed by atoms with Crippen LogP contribution < -0.4 is 10.6 Å². The van der Waals surface area contributed by atoms with Gasteiger partial charge in [-0.15, -0.1) is 0 Å². The average Bonchev–Trinajstić information content (AvgIpc) is 2.36. The summed E-state index contributed by atoms with van der Waals surface area (Å²) in [5.41, 5.74) is 0.894. The molecule has 2 aromatic carbocycles. The van der Waals surface area contributed by atoms with Gasteiger partial charge in [0.1, 0.15) is 5.82 Å². The number of hydrogen-bond acceptors (Lipinski definition) is 1. The normalized spacial score (nSPS) is 10.1. The first-order valence-corrected chi connectivity index (χ1v) is 6.50. The Kier molecular flexibility index (Phi) is 4.58. The Labute approximate surface area is 125 Å². The average molecular weight is 315 g/mol. The molecule has 0 spiro atoms. The molecule has 0 fully saturated rings. The third-order valence-electron chi connectivity index (χ3n) is 2.30. The predicted octanol–water partition coefficient (Wildman–Crippen LogP) is 4.94. The largest absolute Gasteiger partial charge is 0.331 e. The number of rotatable bonds is 2. The van der Waals surface area contributed by atoms with Crippen molar-refractivity contribution in [3.63, 3.8) is 0 Å². The highest BCUT2D eigenvalue weighted by Crippen LogP contribution is 2.22. The highest BCUT2D eigenvalue weighted by molar-refractivity contribution is 7.80. The van der Waals surface area contributed by atoms with E-state index in [1.165, 1.54) is 12.1 Å². The zero-order valence-corrected chi connectivity index (χ0v) is 11.9. The van der Waals surface area contributed by atoms with Crippen molar-refractivity contribution < 1.29 is 4.39 Å². The molecule has 2 nitrogen and oxygen atoms in total. The molecule has 0 atom stereocenters. The molecule has 0 bridgehead atoms. The van der Waals surface area contributed by atoms with Gasteiger partial charge in [-0.25, -0.2) is 4.39 Å². The summed E-state index contributed by atoms with van der Waals surface area (Å²) in [5.74, 6) is -0.476. The van der Waals surface area contributed by atoms with Gasteiger partial charge in [0, 0.05) is 5.02 Å². The minimum absolute atomic E-state index is 0.244. The summed E-state index contributed by atoms with van der Waals surface area (Å²) in [6.07, 6.45) is 0. The summed E-state index contributed by atoms with van der Waals surface area (Å²) in [6, 6.07) is 11.4. The van der Waals surface area contributed by atoms with E-state index >= 15 is 0 Å². The number of thiocarbonyl (C=S) groups is 1. The number of halogens is 3. The molecule has 0 unspecified atom stereocenters. The van der Waals surface area contributed by atoms with E-state index in [9.17, 15) is 4.39 Å². The number of benzene rings is 2. The highest BCUT2D eigenvalue weighted by atomic mass is 35.5. The lowest BCUT2D eigenvalue weighted by atomic mass is 10.3. The van der Waals surface area contributed by atoms with Crippen molar-refractivity contribution >= 4 is 51.9 Å². The van der Waals surface area contributed by atoms with E-state index in [0.29, 0.717) is 15.7 Å². The molecule has 0 radical (unpaired) electrons. The molecule has 19 heavy (non-hydrogen) atoms. The van der Waals surface area contributed by atoms with Gasteiger partial charge in [-0.1, -0.05) is 35.3 Å². The highest BCUT2D eigenvalue weighted by Gasteiger charge is 2.06. The van der Waals surface area contributed by atoms with Gasteiger partial charge in [0.05, 0.1) is 16.4 Å². The zero-order valence-electron chi connectivity index (χ0n) is 9.58. The van der Waals surface area contributed by atoms with Crippen LogP contribution in [0.3, 0.4) is 0 Å². The fourth-order valence-electron chi connectivity index (χ4n) is 1.43. The monoisotopic (exact) mass is 314 g/mol. The number of anilines is 2. The molecule has 6 heteroatoms.